The second kappa shape index (κ2) is 3.56. The molecule has 0 aliphatic heterocycles. The van der Waals surface area contributed by atoms with Crippen molar-refractivity contribution in [1.82, 2.24) is 4.98 Å². The maximum absolute atomic E-state index is 6.08. The number of benzene rings is 1. The number of nitrogens with one attached hydrogen (secondary N) is 1. The van der Waals surface area contributed by atoms with Crippen molar-refractivity contribution >= 4 is 27.5 Å². The van der Waals surface area contributed by atoms with E-state index in [9.17, 15) is 0 Å². The van der Waals surface area contributed by atoms with Gasteiger partial charge in [-0.05, 0) is 18.2 Å². The fraction of sp³-hybridized carbons (Fsp3) is 0. The van der Waals surface area contributed by atoms with Crippen LogP contribution >= 0.6 is 27.5 Å². The number of H-pyrrole nitrogens is 1. The van der Waals surface area contributed by atoms with Crippen molar-refractivity contribution < 1.29 is 0 Å². The van der Waals surface area contributed by atoms with Crippen LogP contribution in [0.15, 0.2) is 41.1 Å². The first kappa shape index (κ1) is 8.85. The van der Waals surface area contributed by atoms with Crippen LogP contribution in [0.4, 0.5) is 0 Å². The standard InChI is InChI=1S/C10H7BrClN/c11-8-1-2-9(10(12)5-8)7-3-4-13-6-7/h1-6,13H. The van der Waals surface area contributed by atoms with Gasteiger partial charge in [0.25, 0.3) is 0 Å². The molecule has 3 heteroatoms. The van der Waals surface area contributed by atoms with Crippen molar-refractivity contribution in [3.05, 3.63) is 46.2 Å². The van der Waals surface area contributed by atoms with Gasteiger partial charge in [-0.2, -0.15) is 0 Å². The predicted molar refractivity (Wildman–Crippen MR) is 58.9 cm³/mol. The lowest BCUT2D eigenvalue weighted by atomic mass is 10.1. The van der Waals surface area contributed by atoms with Crippen molar-refractivity contribution in [1.29, 1.82) is 0 Å². The Morgan fingerprint density at radius 2 is 2.08 bits per heavy atom. The molecule has 0 bridgehead atoms. The maximum atomic E-state index is 6.08. The second-order valence-electron chi connectivity index (χ2n) is 2.72. The number of rotatable bonds is 1. The molecule has 2 rings (SSSR count). The Labute approximate surface area is 89.9 Å². The molecule has 1 aromatic carbocycles. The van der Waals surface area contributed by atoms with Crippen LogP contribution in [-0.4, -0.2) is 4.98 Å². The van der Waals surface area contributed by atoms with Crippen LogP contribution in [0.5, 0.6) is 0 Å². The zero-order valence-electron chi connectivity index (χ0n) is 6.72. The molecule has 0 saturated heterocycles. The summed E-state index contributed by atoms with van der Waals surface area (Å²) in [6.45, 7) is 0. The van der Waals surface area contributed by atoms with E-state index in [0.717, 1.165) is 20.6 Å². The highest BCUT2D eigenvalue weighted by molar-refractivity contribution is 9.10. The van der Waals surface area contributed by atoms with E-state index in [-0.39, 0.29) is 0 Å². The molecule has 1 aromatic heterocycles. The van der Waals surface area contributed by atoms with Gasteiger partial charge in [0.15, 0.2) is 0 Å². The first-order chi connectivity index (χ1) is 6.27. The molecule has 1 N–H and O–H groups in total. The Kier molecular flexibility index (Phi) is 2.42. The summed E-state index contributed by atoms with van der Waals surface area (Å²) in [6, 6.07) is 7.86. The van der Waals surface area contributed by atoms with Gasteiger partial charge in [0.2, 0.25) is 0 Å². The Morgan fingerprint density at radius 3 is 2.69 bits per heavy atom. The molecular formula is C10H7BrClN. The summed E-state index contributed by atoms with van der Waals surface area (Å²) in [6.07, 6.45) is 3.81. The summed E-state index contributed by atoms with van der Waals surface area (Å²) in [5.41, 5.74) is 2.16. The molecule has 0 aliphatic rings. The highest BCUT2D eigenvalue weighted by atomic mass is 79.9. The Hall–Kier alpha value is -0.730. The molecule has 0 atom stereocenters. The van der Waals surface area contributed by atoms with E-state index in [2.05, 4.69) is 20.9 Å². The third kappa shape index (κ3) is 1.79. The summed E-state index contributed by atoms with van der Waals surface area (Å²) in [5, 5.41) is 0.758. The Morgan fingerprint density at radius 1 is 1.23 bits per heavy atom. The summed E-state index contributed by atoms with van der Waals surface area (Å²) < 4.78 is 0.997. The van der Waals surface area contributed by atoms with Crippen LogP contribution in [0.2, 0.25) is 5.02 Å². The summed E-state index contributed by atoms with van der Waals surface area (Å²) in [5.74, 6) is 0. The van der Waals surface area contributed by atoms with Crippen molar-refractivity contribution in [3.8, 4) is 11.1 Å². The predicted octanol–water partition coefficient (Wildman–Crippen LogP) is 4.10. The average Bonchev–Trinajstić information content (AvgIpc) is 2.56. The van der Waals surface area contributed by atoms with Crippen LogP contribution in [0.25, 0.3) is 11.1 Å². The molecule has 0 radical (unpaired) electrons. The van der Waals surface area contributed by atoms with E-state index < -0.39 is 0 Å². The van der Waals surface area contributed by atoms with Crippen LogP contribution in [-0.2, 0) is 0 Å². The molecule has 13 heavy (non-hydrogen) atoms. The van der Waals surface area contributed by atoms with E-state index in [4.69, 9.17) is 11.6 Å². The highest BCUT2D eigenvalue weighted by Crippen LogP contribution is 2.29. The fourth-order valence-corrected chi connectivity index (χ4v) is 2.00. The zero-order chi connectivity index (χ0) is 9.26. The minimum Gasteiger partial charge on any atom is -0.367 e. The van der Waals surface area contributed by atoms with Crippen LogP contribution in [0.1, 0.15) is 0 Å². The molecule has 0 unspecified atom stereocenters. The van der Waals surface area contributed by atoms with Crippen LogP contribution in [0.3, 0.4) is 0 Å². The molecule has 2 aromatic rings. The number of hydrogen-bond donors (Lipinski definition) is 1. The van der Waals surface area contributed by atoms with Gasteiger partial charge in [-0.15, -0.1) is 0 Å². The normalized spacial score (nSPS) is 10.3. The topological polar surface area (TPSA) is 15.8 Å². The van der Waals surface area contributed by atoms with Gasteiger partial charge < -0.3 is 4.98 Å². The van der Waals surface area contributed by atoms with Crippen molar-refractivity contribution in [2.75, 3.05) is 0 Å². The number of aromatic nitrogens is 1. The number of hydrogen-bond acceptors (Lipinski definition) is 0. The molecule has 0 aliphatic carbocycles. The smallest absolute Gasteiger partial charge is 0.0496 e. The van der Waals surface area contributed by atoms with Gasteiger partial charge in [-0.25, -0.2) is 0 Å². The molecule has 66 valence electrons. The van der Waals surface area contributed by atoms with Crippen LogP contribution in [0, 0.1) is 0 Å². The minimum absolute atomic E-state index is 0.758. The third-order valence-electron chi connectivity index (χ3n) is 1.84. The minimum atomic E-state index is 0.758. The van der Waals surface area contributed by atoms with Gasteiger partial charge in [0, 0.05) is 33.0 Å². The van der Waals surface area contributed by atoms with Gasteiger partial charge in [-0.1, -0.05) is 33.6 Å². The molecule has 0 fully saturated rings. The van der Waals surface area contributed by atoms with Gasteiger partial charge >= 0.3 is 0 Å². The summed E-state index contributed by atoms with van der Waals surface area (Å²) in [7, 11) is 0. The van der Waals surface area contributed by atoms with E-state index in [1.165, 1.54) is 0 Å². The van der Waals surface area contributed by atoms with Crippen molar-refractivity contribution in [2.24, 2.45) is 0 Å². The lowest BCUT2D eigenvalue weighted by Gasteiger charge is -2.01. The monoisotopic (exact) mass is 255 g/mol. The summed E-state index contributed by atoms with van der Waals surface area (Å²) in [4.78, 5) is 3.00. The second-order valence-corrected chi connectivity index (χ2v) is 4.05. The third-order valence-corrected chi connectivity index (χ3v) is 2.65. The zero-order valence-corrected chi connectivity index (χ0v) is 9.06. The first-order valence-corrected chi connectivity index (χ1v) is 5.02. The summed E-state index contributed by atoms with van der Waals surface area (Å²) >= 11 is 9.44. The SMILES string of the molecule is Clc1cc(Br)ccc1-c1cc[nH]c1. The lowest BCUT2D eigenvalue weighted by Crippen LogP contribution is -1.75. The average molecular weight is 257 g/mol. The van der Waals surface area contributed by atoms with Crippen LogP contribution < -0.4 is 0 Å². The van der Waals surface area contributed by atoms with Crippen molar-refractivity contribution in [3.63, 3.8) is 0 Å². The molecular weight excluding hydrogens is 249 g/mol. The van der Waals surface area contributed by atoms with Crippen molar-refractivity contribution in [2.45, 2.75) is 0 Å². The first-order valence-electron chi connectivity index (χ1n) is 3.85. The quantitative estimate of drug-likeness (QED) is 0.791. The van der Waals surface area contributed by atoms with E-state index >= 15 is 0 Å². The van der Waals surface area contributed by atoms with E-state index in [1.54, 1.807) is 0 Å². The van der Waals surface area contributed by atoms with E-state index in [0.29, 0.717) is 0 Å². The maximum Gasteiger partial charge on any atom is 0.0496 e. The Balaban J connectivity index is 2.53. The van der Waals surface area contributed by atoms with Gasteiger partial charge in [0.1, 0.15) is 0 Å². The lowest BCUT2D eigenvalue weighted by molar-refractivity contribution is 1.41. The highest BCUT2D eigenvalue weighted by Gasteiger charge is 2.03. The molecule has 0 amide bonds. The Bertz CT molecular complexity index is 409. The van der Waals surface area contributed by atoms with Gasteiger partial charge in [0.05, 0.1) is 0 Å². The molecule has 1 nitrogen and oxygen atoms in total. The van der Waals surface area contributed by atoms with Gasteiger partial charge in [-0.3, -0.25) is 0 Å². The fourth-order valence-electron chi connectivity index (χ4n) is 1.22. The molecule has 0 saturated carbocycles. The largest absolute Gasteiger partial charge is 0.367 e. The number of halogens is 2. The molecule has 0 spiro atoms. The van der Waals surface area contributed by atoms with E-state index in [1.807, 2.05) is 36.7 Å². The molecule has 1 heterocycles. The number of aromatic amines is 1.